The van der Waals surface area contributed by atoms with Crippen LogP contribution in [0.3, 0.4) is 0 Å². The smallest absolute Gasteiger partial charge is 0.151 e. The lowest BCUT2D eigenvalue weighted by atomic mass is 10.3. The van der Waals surface area contributed by atoms with E-state index in [0.29, 0.717) is 0 Å². The highest BCUT2D eigenvalue weighted by Crippen LogP contribution is 1.95. The lowest BCUT2D eigenvalue weighted by Crippen LogP contribution is -2.44. The molecule has 0 heterocycles. The van der Waals surface area contributed by atoms with Gasteiger partial charge in [0.05, 0.1) is 25.0 Å². The maximum atomic E-state index is 11.2. The van der Waals surface area contributed by atoms with Crippen molar-refractivity contribution in [3.05, 3.63) is 0 Å². The van der Waals surface area contributed by atoms with E-state index >= 15 is 0 Å². The molecule has 1 unspecified atom stereocenters. The fourth-order valence-corrected chi connectivity index (χ4v) is 2.21. The Morgan fingerprint density at radius 2 is 1.79 bits per heavy atom. The summed E-state index contributed by atoms with van der Waals surface area (Å²) in [7, 11) is -3.01. The molecule has 0 fully saturated rings. The molecule has 0 aromatic heterocycles. The number of hydrogen-bond acceptors (Lipinski definition) is 5. The van der Waals surface area contributed by atoms with Crippen molar-refractivity contribution in [2.24, 2.45) is 0 Å². The first-order valence-electron chi connectivity index (χ1n) is 4.63. The second-order valence-corrected chi connectivity index (χ2v) is 5.73. The number of hydrogen-bond donors (Lipinski definition) is 3. The molecule has 1 atom stereocenters. The van der Waals surface area contributed by atoms with Gasteiger partial charge in [-0.2, -0.15) is 0 Å². The van der Waals surface area contributed by atoms with Crippen molar-refractivity contribution in [3.63, 3.8) is 0 Å². The Labute approximate surface area is 85.1 Å². The van der Waals surface area contributed by atoms with E-state index in [0.717, 1.165) is 0 Å². The van der Waals surface area contributed by atoms with E-state index in [2.05, 4.69) is 5.32 Å². The molecular weight excluding hydrogens is 206 g/mol. The van der Waals surface area contributed by atoms with Crippen LogP contribution in [-0.2, 0) is 9.84 Å². The number of aliphatic hydroxyl groups is 2. The van der Waals surface area contributed by atoms with E-state index in [1.54, 1.807) is 13.8 Å². The minimum Gasteiger partial charge on any atom is -0.395 e. The van der Waals surface area contributed by atoms with Gasteiger partial charge in [0.1, 0.15) is 0 Å². The van der Waals surface area contributed by atoms with Gasteiger partial charge in [0.15, 0.2) is 9.84 Å². The first-order chi connectivity index (χ1) is 6.45. The number of rotatable bonds is 7. The highest BCUT2D eigenvalue weighted by Gasteiger charge is 2.16. The van der Waals surface area contributed by atoms with Crippen LogP contribution in [0.5, 0.6) is 0 Å². The lowest BCUT2D eigenvalue weighted by Gasteiger charge is -2.19. The minimum atomic E-state index is -3.01. The molecule has 6 heteroatoms. The molecule has 0 aromatic carbocycles. The quantitative estimate of drug-likeness (QED) is 0.504. The van der Waals surface area contributed by atoms with Crippen LogP contribution in [0.1, 0.15) is 13.8 Å². The summed E-state index contributed by atoms with van der Waals surface area (Å²) in [5, 5.41) is 20.3. The van der Waals surface area contributed by atoms with Crippen LogP contribution in [-0.4, -0.2) is 55.4 Å². The third-order valence-electron chi connectivity index (χ3n) is 1.90. The predicted molar refractivity (Wildman–Crippen MR) is 54.9 cm³/mol. The summed E-state index contributed by atoms with van der Waals surface area (Å²) < 4.78 is 22.4. The van der Waals surface area contributed by atoms with Crippen molar-refractivity contribution in [3.8, 4) is 0 Å². The Kier molecular flexibility index (Phi) is 6.26. The van der Waals surface area contributed by atoms with Gasteiger partial charge in [0.25, 0.3) is 0 Å². The molecule has 0 spiro atoms. The van der Waals surface area contributed by atoms with Crippen LogP contribution in [0.2, 0.25) is 0 Å². The SMILES string of the molecule is CCS(=O)(=O)CC(C)NC(CO)CO. The summed E-state index contributed by atoms with van der Waals surface area (Å²) in [6.45, 7) is 2.91. The van der Waals surface area contributed by atoms with Gasteiger partial charge in [-0.15, -0.1) is 0 Å². The minimum absolute atomic E-state index is 0.0278. The molecule has 5 nitrogen and oxygen atoms in total. The van der Waals surface area contributed by atoms with Crippen molar-refractivity contribution in [2.45, 2.75) is 25.9 Å². The Bertz CT molecular complexity index is 236. The Morgan fingerprint density at radius 1 is 1.29 bits per heavy atom. The first kappa shape index (κ1) is 13.8. The largest absolute Gasteiger partial charge is 0.395 e. The molecule has 0 rings (SSSR count). The number of aliphatic hydroxyl groups excluding tert-OH is 2. The Balaban J connectivity index is 4.03. The molecule has 0 aromatic rings. The molecule has 86 valence electrons. The maximum absolute atomic E-state index is 11.2. The highest BCUT2D eigenvalue weighted by molar-refractivity contribution is 7.91. The van der Waals surface area contributed by atoms with E-state index in [1.807, 2.05) is 0 Å². The molecule has 0 radical (unpaired) electrons. The van der Waals surface area contributed by atoms with Gasteiger partial charge in [-0.1, -0.05) is 6.92 Å². The van der Waals surface area contributed by atoms with Crippen LogP contribution in [0, 0.1) is 0 Å². The maximum Gasteiger partial charge on any atom is 0.151 e. The van der Waals surface area contributed by atoms with Crippen molar-refractivity contribution in [2.75, 3.05) is 24.7 Å². The fraction of sp³-hybridized carbons (Fsp3) is 1.00. The van der Waals surface area contributed by atoms with Crippen LogP contribution in [0.4, 0.5) is 0 Å². The summed E-state index contributed by atoms with van der Waals surface area (Å²) in [6, 6.07) is -0.707. The van der Waals surface area contributed by atoms with Crippen LogP contribution < -0.4 is 5.32 Å². The summed E-state index contributed by atoms with van der Waals surface area (Å²) in [6.07, 6.45) is 0. The second kappa shape index (κ2) is 6.34. The summed E-state index contributed by atoms with van der Waals surface area (Å²) in [5.41, 5.74) is 0. The Morgan fingerprint density at radius 3 is 2.14 bits per heavy atom. The average Bonchev–Trinajstić information content (AvgIpc) is 2.13. The van der Waals surface area contributed by atoms with Gasteiger partial charge in [0.2, 0.25) is 0 Å². The summed E-state index contributed by atoms with van der Waals surface area (Å²) >= 11 is 0. The molecule has 0 aliphatic heterocycles. The Hall–Kier alpha value is -0.170. The van der Waals surface area contributed by atoms with Crippen LogP contribution >= 0.6 is 0 Å². The standard InChI is InChI=1S/C8H19NO4S/c1-3-14(12,13)6-7(2)9-8(4-10)5-11/h7-11H,3-6H2,1-2H3. The number of sulfone groups is 1. The van der Waals surface area contributed by atoms with Gasteiger partial charge >= 0.3 is 0 Å². The van der Waals surface area contributed by atoms with Crippen LogP contribution in [0.15, 0.2) is 0 Å². The topological polar surface area (TPSA) is 86.6 Å². The van der Waals surface area contributed by atoms with E-state index in [1.165, 1.54) is 0 Å². The zero-order chi connectivity index (χ0) is 11.2. The number of nitrogens with one attached hydrogen (secondary N) is 1. The second-order valence-electron chi connectivity index (χ2n) is 3.33. The monoisotopic (exact) mass is 225 g/mol. The molecular formula is C8H19NO4S. The van der Waals surface area contributed by atoms with Gasteiger partial charge in [-0.05, 0) is 6.92 Å². The zero-order valence-electron chi connectivity index (χ0n) is 8.60. The predicted octanol–water partition coefficient (Wildman–Crippen LogP) is -1.25. The first-order valence-corrected chi connectivity index (χ1v) is 6.45. The third-order valence-corrected chi connectivity index (χ3v) is 3.79. The van der Waals surface area contributed by atoms with Gasteiger partial charge in [0, 0.05) is 11.8 Å². The molecule has 0 saturated carbocycles. The zero-order valence-corrected chi connectivity index (χ0v) is 9.42. The summed E-state index contributed by atoms with van der Waals surface area (Å²) in [5.74, 6) is 0.141. The molecule has 0 saturated heterocycles. The normalized spacial score (nSPS) is 14.6. The molecule has 0 aliphatic carbocycles. The van der Waals surface area contributed by atoms with Crippen molar-refractivity contribution >= 4 is 9.84 Å². The average molecular weight is 225 g/mol. The van der Waals surface area contributed by atoms with E-state index in [4.69, 9.17) is 10.2 Å². The van der Waals surface area contributed by atoms with Crippen molar-refractivity contribution in [1.82, 2.24) is 5.32 Å². The third kappa shape index (κ3) is 5.54. The van der Waals surface area contributed by atoms with E-state index in [-0.39, 0.29) is 30.8 Å². The fourth-order valence-electron chi connectivity index (χ4n) is 1.11. The van der Waals surface area contributed by atoms with E-state index < -0.39 is 15.9 Å². The van der Waals surface area contributed by atoms with Gasteiger partial charge in [-0.25, -0.2) is 8.42 Å². The molecule has 0 bridgehead atoms. The van der Waals surface area contributed by atoms with Crippen molar-refractivity contribution in [1.29, 1.82) is 0 Å². The molecule has 14 heavy (non-hydrogen) atoms. The van der Waals surface area contributed by atoms with E-state index in [9.17, 15) is 8.42 Å². The van der Waals surface area contributed by atoms with Crippen molar-refractivity contribution < 1.29 is 18.6 Å². The van der Waals surface area contributed by atoms with Gasteiger partial charge in [-0.3, -0.25) is 0 Å². The molecule has 3 N–H and O–H groups in total. The highest BCUT2D eigenvalue weighted by atomic mass is 32.2. The van der Waals surface area contributed by atoms with Gasteiger partial charge < -0.3 is 15.5 Å². The summed E-state index contributed by atoms with van der Waals surface area (Å²) in [4.78, 5) is 0. The lowest BCUT2D eigenvalue weighted by molar-refractivity contribution is 0.165. The molecule has 0 amide bonds. The van der Waals surface area contributed by atoms with Crippen LogP contribution in [0.25, 0.3) is 0 Å². The molecule has 0 aliphatic rings.